The third-order valence-corrected chi connectivity index (χ3v) is 4.50. The second-order valence-corrected chi connectivity index (χ2v) is 6.53. The van der Waals surface area contributed by atoms with Crippen LogP contribution in [0.1, 0.15) is 44.6 Å². The van der Waals surface area contributed by atoms with E-state index in [0.717, 1.165) is 31.6 Å². The lowest BCUT2D eigenvalue weighted by molar-refractivity contribution is -0.186. The van der Waals surface area contributed by atoms with Crippen molar-refractivity contribution in [3.8, 4) is 0 Å². The summed E-state index contributed by atoms with van der Waals surface area (Å²) in [6, 6.07) is 7.88. The molecular formula is C18H26N2O3. The van der Waals surface area contributed by atoms with Gasteiger partial charge in [-0.3, -0.25) is 4.79 Å². The minimum absolute atomic E-state index is 0.0501. The van der Waals surface area contributed by atoms with Crippen molar-refractivity contribution in [2.24, 2.45) is 0 Å². The standard InChI is InChI=1S/C18H26N2O3/c1-14(21)20-16-7-5-15(6-8-16)11-19-12-17-13-22-18(23-17)9-3-2-4-10-18/h5-8,17,19H,2-4,9-13H2,1H3,(H,20,21)/t17-/m1/s1. The minimum Gasteiger partial charge on any atom is -0.347 e. The van der Waals surface area contributed by atoms with Gasteiger partial charge in [-0.1, -0.05) is 18.6 Å². The molecule has 23 heavy (non-hydrogen) atoms. The number of carbonyl (C=O) groups is 1. The van der Waals surface area contributed by atoms with Crippen LogP contribution in [0.5, 0.6) is 0 Å². The molecule has 1 saturated heterocycles. The summed E-state index contributed by atoms with van der Waals surface area (Å²) >= 11 is 0. The van der Waals surface area contributed by atoms with Gasteiger partial charge >= 0.3 is 0 Å². The van der Waals surface area contributed by atoms with E-state index in [2.05, 4.69) is 10.6 Å². The molecule has 1 aromatic carbocycles. The van der Waals surface area contributed by atoms with Gasteiger partial charge in [-0.2, -0.15) is 0 Å². The monoisotopic (exact) mass is 318 g/mol. The summed E-state index contributed by atoms with van der Waals surface area (Å²) in [5, 5.41) is 6.20. The van der Waals surface area contributed by atoms with E-state index < -0.39 is 0 Å². The Kier molecular flexibility index (Phi) is 5.30. The van der Waals surface area contributed by atoms with E-state index in [9.17, 15) is 4.79 Å². The summed E-state index contributed by atoms with van der Waals surface area (Å²) in [7, 11) is 0. The van der Waals surface area contributed by atoms with Crippen LogP contribution >= 0.6 is 0 Å². The van der Waals surface area contributed by atoms with Crippen LogP contribution in [0, 0.1) is 0 Å². The minimum atomic E-state index is -0.287. The summed E-state index contributed by atoms with van der Waals surface area (Å²) in [4.78, 5) is 11.0. The van der Waals surface area contributed by atoms with Gasteiger partial charge in [-0.15, -0.1) is 0 Å². The molecule has 0 bridgehead atoms. The van der Waals surface area contributed by atoms with Gasteiger partial charge in [0.05, 0.1) is 12.7 Å². The average Bonchev–Trinajstić information content (AvgIpc) is 2.92. The van der Waals surface area contributed by atoms with E-state index in [0.29, 0.717) is 6.61 Å². The maximum atomic E-state index is 11.0. The van der Waals surface area contributed by atoms with Gasteiger partial charge in [0.2, 0.25) is 5.91 Å². The molecule has 1 heterocycles. The zero-order valence-electron chi connectivity index (χ0n) is 13.8. The summed E-state index contributed by atoms with van der Waals surface area (Å²) < 4.78 is 12.1. The van der Waals surface area contributed by atoms with Crippen molar-refractivity contribution in [1.29, 1.82) is 0 Å². The summed E-state index contributed by atoms with van der Waals surface area (Å²) in [5.41, 5.74) is 2.01. The molecule has 1 saturated carbocycles. The maximum Gasteiger partial charge on any atom is 0.221 e. The fraction of sp³-hybridized carbons (Fsp3) is 0.611. The van der Waals surface area contributed by atoms with Crippen LogP contribution in [-0.2, 0) is 20.8 Å². The van der Waals surface area contributed by atoms with Crippen LogP contribution < -0.4 is 10.6 Å². The van der Waals surface area contributed by atoms with Gasteiger partial charge in [-0.05, 0) is 30.5 Å². The molecule has 1 aliphatic carbocycles. The van der Waals surface area contributed by atoms with Crippen LogP contribution in [0.15, 0.2) is 24.3 Å². The Labute approximate surface area is 137 Å². The number of anilines is 1. The smallest absolute Gasteiger partial charge is 0.221 e. The number of amides is 1. The molecule has 126 valence electrons. The molecule has 1 aliphatic heterocycles. The lowest BCUT2D eigenvalue weighted by Gasteiger charge is -2.31. The Morgan fingerprint density at radius 3 is 2.65 bits per heavy atom. The highest BCUT2D eigenvalue weighted by Gasteiger charge is 2.41. The highest BCUT2D eigenvalue weighted by Crippen LogP contribution is 2.37. The summed E-state index contributed by atoms with van der Waals surface area (Å²) in [6.45, 7) is 3.79. The quantitative estimate of drug-likeness (QED) is 0.876. The van der Waals surface area contributed by atoms with Gasteiger partial charge in [0, 0.05) is 38.5 Å². The van der Waals surface area contributed by atoms with Crippen LogP contribution in [0.2, 0.25) is 0 Å². The molecule has 1 atom stereocenters. The van der Waals surface area contributed by atoms with Crippen LogP contribution in [0.4, 0.5) is 5.69 Å². The largest absolute Gasteiger partial charge is 0.347 e. The van der Waals surface area contributed by atoms with Crippen molar-refractivity contribution < 1.29 is 14.3 Å². The lowest BCUT2D eigenvalue weighted by Crippen LogP contribution is -2.35. The average molecular weight is 318 g/mol. The van der Waals surface area contributed by atoms with E-state index in [1.165, 1.54) is 31.7 Å². The van der Waals surface area contributed by atoms with Crippen molar-refractivity contribution in [2.75, 3.05) is 18.5 Å². The van der Waals surface area contributed by atoms with Crippen molar-refractivity contribution >= 4 is 11.6 Å². The first kappa shape index (κ1) is 16.4. The van der Waals surface area contributed by atoms with Gasteiger partial charge in [0.1, 0.15) is 0 Å². The first-order valence-electron chi connectivity index (χ1n) is 8.54. The van der Waals surface area contributed by atoms with Gasteiger partial charge in [0.25, 0.3) is 0 Å². The molecule has 1 aromatic rings. The molecule has 0 radical (unpaired) electrons. The number of hydrogen-bond donors (Lipinski definition) is 2. The van der Waals surface area contributed by atoms with Gasteiger partial charge in [-0.25, -0.2) is 0 Å². The molecule has 1 spiro atoms. The molecule has 5 heteroatoms. The van der Waals surface area contributed by atoms with Crippen molar-refractivity contribution in [3.05, 3.63) is 29.8 Å². The van der Waals surface area contributed by atoms with E-state index in [-0.39, 0.29) is 17.8 Å². The molecule has 2 aliphatic rings. The van der Waals surface area contributed by atoms with Crippen LogP contribution in [-0.4, -0.2) is 30.9 Å². The second-order valence-electron chi connectivity index (χ2n) is 6.53. The number of hydrogen-bond acceptors (Lipinski definition) is 4. The molecule has 3 rings (SSSR count). The molecular weight excluding hydrogens is 292 g/mol. The van der Waals surface area contributed by atoms with Crippen LogP contribution in [0.3, 0.4) is 0 Å². The van der Waals surface area contributed by atoms with E-state index in [1.807, 2.05) is 24.3 Å². The lowest BCUT2D eigenvalue weighted by atomic mass is 9.94. The number of carbonyl (C=O) groups excluding carboxylic acids is 1. The van der Waals surface area contributed by atoms with E-state index in [1.54, 1.807) is 0 Å². The predicted molar refractivity (Wildman–Crippen MR) is 89.1 cm³/mol. The number of benzene rings is 1. The second kappa shape index (κ2) is 7.43. The molecule has 1 amide bonds. The number of ether oxygens (including phenoxy) is 2. The van der Waals surface area contributed by atoms with Crippen LogP contribution in [0.25, 0.3) is 0 Å². The van der Waals surface area contributed by atoms with Crippen molar-refractivity contribution in [1.82, 2.24) is 5.32 Å². The fourth-order valence-electron chi connectivity index (χ4n) is 3.36. The highest BCUT2D eigenvalue weighted by atomic mass is 16.7. The zero-order chi connectivity index (χ0) is 16.1. The first-order valence-corrected chi connectivity index (χ1v) is 8.54. The highest BCUT2D eigenvalue weighted by molar-refractivity contribution is 5.88. The molecule has 2 fully saturated rings. The Hall–Kier alpha value is -1.43. The number of rotatable bonds is 5. The predicted octanol–water partition coefficient (Wildman–Crippen LogP) is 2.81. The summed E-state index contributed by atoms with van der Waals surface area (Å²) in [5.74, 6) is -0.337. The molecule has 5 nitrogen and oxygen atoms in total. The van der Waals surface area contributed by atoms with Gasteiger partial charge < -0.3 is 20.1 Å². The third kappa shape index (κ3) is 4.53. The van der Waals surface area contributed by atoms with Gasteiger partial charge in [0.15, 0.2) is 5.79 Å². The Morgan fingerprint density at radius 1 is 1.22 bits per heavy atom. The van der Waals surface area contributed by atoms with Crippen molar-refractivity contribution in [3.63, 3.8) is 0 Å². The third-order valence-electron chi connectivity index (χ3n) is 4.50. The normalized spacial score (nSPS) is 23.1. The Morgan fingerprint density at radius 2 is 1.96 bits per heavy atom. The summed E-state index contributed by atoms with van der Waals surface area (Å²) in [6.07, 6.45) is 5.93. The molecule has 0 aromatic heterocycles. The fourth-order valence-corrected chi connectivity index (χ4v) is 3.36. The maximum absolute atomic E-state index is 11.0. The topological polar surface area (TPSA) is 59.6 Å². The number of nitrogens with one attached hydrogen (secondary N) is 2. The SMILES string of the molecule is CC(=O)Nc1ccc(CNC[C@@H]2COC3(CCCCC3)O2)cc1. The Bertz CT molecular complexity index is 524. The molecule has 2 N–H and O–H groups in total. The zero-order valence-corrected chi connectivity index (χ0v) is 13.8. The Balaban J connectivity index is 1.40. The van der Waals surface area contributed by atoms with Crippen molar-refractivity contribution in [2.45, 2.75) is 57.5 Å². The van der Waals surface area contributed by atoms with E-state index >= 15 is 0 Å². The molecule has 0 unspecified atom stereocenters. The van der Waals surface area contributed by atoms with E-state index in [4.69, 9.17) is 9.47 Å². The first-order chi connectivity index (χ1) is 11.2.